The summed E-state index contributed by atoms with van der Waals surface area (Å²) in [6.07, 6.45) is 4.40. The highest BCUT2D eigenvalue weighted by molar-refractivity contribution is 7.18. The normalized spacial score (nSPS) is 13.7. The standard InChI is InChI=1S/C16H16N2S/c17-8-2-5-14-18-16-12-4-1-3-10-6-7-11(15(10)12)9-13(16)19-14/h1,3-4,9H,2,5-8,17H2. The Kier molecular flexibility index (Phi) is 2.57. The van der Waals surface area contributed by atoms with Crippen molar-refractivity contribution in [2.45, 2.75) is 25.7 Å². The van der Waals surface area contributed by atoms with Crippen molar-refractivity contribution in [2.24, 2.45) is 5.73 Å². The van der Waals surface area contributed by atoms with Gasteiger partial charge in [0.1, 0.15) is 0 Å². The lowest BCUT2D eigenvalue weighted by molar-refractivity contribution is 0.828. The second-order valence-electron chi connectivity index (χ2n) is 5.22. The Morgan fingerprint density at radius 1 is 1.21 bits per heavy atom. The van der Waals surface area contributed by atoms with Crippen LogP contribution >= 0.6 is 11.3 Å². The van der Waals surface area contributed by atoms with Crippen molar-refractivity contribution in [1.29, 1.82) is 0 Å². The van der Waals surface area contributed by atoms with Crippen molar-refractivity contribution in [2.75, 3.05) is 6.54 Å². The zero-order valence-corrected chi connectivity index (χ0v) is 11.6. The molecule has 0 unspecified atom stereocenters. The second kappa shape index (κ2) is 4.29. The number of benzene rings is 2. The summed E-state index contributed by atoms with van der Waals surface area (Å²) in [5, 5.41) is 4.04. The summed E-state index contributed by atoms with van der Waals surface area (Å²) >= 11 is 1.84. The molecular formula is C16H16N2S. The first-order valence-corrected chi connectivity index (χ1v) is 7.71. The van der Waals surface area contributed by atoms with E-state index in [0.717, 1.165) is 19.4 Å². The quantitative estimate of drug-likeness (QED) is 0.790. The topological polar surface area (TPSA) is 38.9 Å². The molecule has 0 saturated carbocycles. The number of aryl methyl sites for hydroxylation is 3. The molecule has 0 radical (unpaired) electrons. The van der Waals surface area contributed by atoms with Crippen LogP contribution in [0.25, 0.3) is 21.0 Å². The summed E-state index contributed by atoms with van der Waals surface area (Å²) < 4.78 is 1.34. The van der Waals surface area contributed by atoms with Crippen LogP contribution in [0.5, 0.6) is 0 Å². The molecular weight excluding hydrogens is 252 g/mol. The van der Waals surface area contributed by atoms with Crippen molar-refractivity contribution in [1.82, 2.24) is 4.98 Å². The fourth-order valence-corrected chi connectivity index (χ4v) is 4.20. The largest absolute Gasteiger partial charge is 0.330 e. The van der Waals surface area contributed by atoms with Gasteiger partial charge in [-0.25, -0.2) is 4.98 Å². The van der Waals surface area contributed by atoms with Gasteiger partial charge in [0.15, 0.2) is 0 Å². The van der Waals surface area contributed by atoms with Crippen LogP contribution in [-0.4, -0.2) is 11.5 Å². The van der Waals surface area contributed by atoms with Gasteiger partial charge in [0.2, 0.25) is 0 Å². The Bertz CT molecular complexity index is 773. The lowest BCUT2D eigenvalue weighted by Crippen LogP contribution is -1.99. The molecule has 0 saturated heterocycles. The lowest BCUT2D eigenvalue weighted by Gasteiger charge is -2.02. The predicted octanol–water partition coefficient (Wildman–Crippen LogP) is 3.44. The Balaban J connectivity index is 1.99. The van der Waals surface area contributed by atoms with Crippen molar-refractivity contribution < 1.29 is 0 Å². The van der Waals surface area contributed by atoms with Crippen LogP contribution in [0.15, 0.2) is 24.3 Å². The van der Waals surface area contributed by atoms with E-state index in [1.54, 1.807) is 0 Å². The number of fused-ring (bicyclic) bond motifs is 2. The highest BCUT2D eigenvalue weighted by Gasteiger charge is 2.18. The number of hydrogen-bond acceptors (Lipinski definition) is 3. The molecule has 1 heterocycles. The van der Waals surface area contributed by atoms with Gasteiger partial charge in [-0.1, -0.05) is 18.2 Å². The number of hydrogen-bond donors (Lipinski definition) is 1. The molecule has 1 aliphatic carbocycles. The molecule has 0 amide bonds. The van der Waals surface area contributed by atoms with Crippen LogP contribution in [0.4, 0.5) is 0 Å². The van der Waals surface area contributed by atoms with E-state index in [-0.39, 0.29) is 0 Å². The van der Waals surface area contributed by atoms with E-state index in [0.29, 0.717) is 0 Å². The number of rotatable bonds is 3. The van der Waals surface area contributed by atoms with Crippen LogP contribution in [0.2, 0.25) is 0 Å². The smallest absolute Gasteiger partial charge is 0.0939 e. The number of thiazole rings is 1. The summed E-state index contributed by atoms with van der Waals surface area (Å²) in [5.41, 5.74) is 9.78. The molecule has 4 rings (SSSR count). The fraction of sp³-hybridized carbons (Fsp3) is 0.312. The maximum absolute atomic E-state index is 5.59. The van der Waals surface area contributed by atoms with E-state index in [2.05, 4.69) is 24.3 Å². The molecule has 0 fully saturated rings. The molecule has 0 atom stereocenters. The Labute approximate surface area is 116 Å². The van der Waals surface area contributed by atoms with E-state index in [1.807, 2.05) is 11.3 Å². The minimum atomic E-state index is 0.742. The summed E-state index contributed by atoms with van der Waals surface area (Å²) in [4.78, 5) is 4.85. The van der Waals surface area contributed by atoms with Crippen molar-refractivity contribution in [3.8, 4) is 0 Å². The van der Waals surface area contributed by atoms with E-state index in [9.17, 15) is 0 Å². The summed E-state index contributed by atoms with van der Waals surface area (Å²) in [5.74, 6) is 0. The summed E-state index contributed by atoms with van der Waals surface area (Å²) in [6.45, 7) is 0.742. The van der Waals surface area contributed by atoms with Gasteiger partial charge >= 0.3 is 0 Å². The molecule has 1 aromatic heterocycles. The van der Waals surface area contributed by atoms with Gasteiger partial charge in [0.25, 0.3) is 0 Å². The molecule has 0 bridgehead atoms. The highest BCUT2D eigenvalue weighted by atomic mass is 32.1. The third-order valence-corrected chi connectivity index (χ3v) is 5.05. The molecule has 2 N–H and O–H groups in total. The zero-order valence-electron chi connectivity index (χ0n) is 10.8. The van der Waals surface area contributed by atoms with Crippen molar-refractivity contribution in [3.05, 3.63) is 40.4 Å². The SMILES string of the molecule is NCCCc1nc2c(cc3c4c(cccc42)CC3)s1. The van der Waals surface area contributed by atoms with Gasteiger partial charge < -0.3 is 5.73 Å². The monoisotopic (exact) mass is 268 g/mol. The van der Waals surface area contributed by atoms with E-state index < -0.39 is 0 Å². The van der Waals surface area contributed by atoms with Gasteiger partial charge in [-0.2, -0.15) is 0 Å². The van der Waals surface area contributed by atoms with Crippen molar-refractivity contribution in [3.63, 3.8) is 0 Å². The van der Waals surface area contributed by atoms with Gasteiger partial charge in [-0.3, -0.25) is 0 Å². The molecule has 2 nitrogen and oxygen atoms in total. The summed E-state index contributed by atoms with van der Waals surface area (Å²) in [7, 11) is 0. The third kappa shape index (κ3) is 1.69. The summed E-state index contributed by atoms with van der Waals surface area (Å²) in [6, 6.07) is 9.01. The molecule has 3 heteroatoms. The minimum Gasteiger partial charge on any atom is -0.330 e. The van der Waals surface area contributed by atoms with Gasteiger partial charge in [-0.15, -0.1) is 11.3 Å². The Hall–Kier alpha value is -1.45. The number of nitrogens with zero attached hydrogens (tertiary/aromatic N) is 1. The first-order chi connectivity index (χ1) is 9.36. The molecule has 0 spiro atoms. The third-order valence-electron chi connectivity index (χ3n) is 3.99. The zero-order chi connectivity index (χ0) is 12.8. The van der Waals surface area contributed by atoms with E-state index >= 15 is 0 Å². The molecule has 19 heavy (non-hydrogen) atoms. The lowest BCUT2D eigenvalue weighted by atomic mass is 10.0. The molecule has 1 aliphatic rings. The average molecular weight is 268 g/mol. The van der Waals surface area contributed by atoms with E-state index in [1.165, 1.54) is 50.0 Å². The number of nitrogens with two attached hydrogens (primary N) is 1. The number of aromatic nitrogens is 1. The van der Waals surface area contributed by atoms with Gasteiger partial charge in [0.05, 0.1) is 15.2 Å². The van der Waals surface area contributed by atoms with Gasteiger partial charge in [0, 0.05) is 11.8 Å². The first-order valence-electron chi connectivity index (χ1n) is 6.90. The Morgan fingerprint density at radius 2 is 2.11 bits per heavy atom. The molecule has 2 aromatic carbocycles. The van der Waals surface area contributed by atoms with Crippen LogP contribution in [-0.2, 0) is 19.3 Å². The maximum Gasteiger partial charge on any atom is 0.0939 e. The van der Waals surface area contributed by atoms with E-state index in [4.69, 9.17) is 10.7 Å². The van der Waals surface area contributed by atoms with Crippen LogP contribution in [0.3, 0.4) is 0 Å². The molecule has 3 aromatic rings. The average Bonchev–Trinajstić information content (AvgIpc) is 3.02. The molecule has 0 aliphatic heterocycles. The van der Waals surface area contributed by atoms with Crippen molar-refractivity contribution >= 4 is 32.3 Å². The second-order valence-corrected chi connectivity index (χ2v) is 6.34. The van der Waals surface area contributed by atoms with Crippen LogP contribution in [0.1, 0.15) is 22.6 Å². The Morgan fingerprint density at radius 3 is 3.00 bits per heavy atom. The predicted molar refractivity (Wildman–Crippen MR) is 81.9 cm³/mol. The molecule has 96 valence electrons. The van der Waals surface area contributed by atoms with Gasteiger partial charge in [-0.05, 0) is 48.4 Å². The highest BCUT2D eigenvalue weighted by Crippen LogP contribution is 2.37. The first kappa shape index (κ1) is 11.4. The maximum atomic E-state index is 5.59. The van der Waals surface area contributed by atoms with Crippen LogP contribution in [0, 0.1) is 0 Å². The fourth-order valence-electron chi connectivity index (χ4n) is 3.11. The van der Waals surface area contributed by atoms with Crippen LogP contribution < -0.4 is 5.73 Å². The minimum absolute atomic E-state index is 0.742.